The Morgan fingerprint density at radius 2 is 1.25 bits per heavy atom. The minimum absolute atomic E-state index is 0.326. The summed E-state index contributed by atoms with van der Waals surface area (Å²) in [6, 6.07) is 40.4. The van der Waals surface area contributed by atoms with Crippen molar-refractivity contribution in [1.82, 2.24) is 19.7 Å². The van der Waals surface area contributed by atoms with Crippen molar-refractivity contribution in [3.05, 3.63) is 126 Å². The van der Waals surface area contributed by atoms with Gasteiger partial charge in [-0.3, -0.25) is 9.58 Å². The molecule has 3 aliphatic rings. The number of benzene rings is 4. The zero-order valence-corrected chi connectivity index (χ0v) is 35.0. The number of fused-ring (bicyclic) bond motifs is 1. The molecule has 0 aliphatic carbocycles. The Bertz CT molecular complexity index is 2340. The lowest BCUT2D eigenvalue weighted by Crippen LogP contribution is -2.53. The molecule has 5 heterocycles. The van der Waals surface area contributed by atoms with E-state index in [0.29, 0.717) is 31.0 Å². The normalized spacial score (nSPS) is 18.4. The van der Waals surface area contributed by atoms with Crippen LogP contribution in [0.3, 0.4) is 0 Å². The summed E-state index contributed by atoms with van der Waals surface area (Å²) in [5, 5.41) is 6.10. The number of piperidine rings is 1. The van der Waals surface area contributed by atoms with Gasteiger partial charge in [0.2, 0.25) is 11.8 Å². The lowest BCUT2D eigenvalue weighted by Gasteiger charge is -2.43. The summed E-state index contributed by atoms with van der Waals surface area (Å²) in [7, 11) is 1.69. The molecule has 4 aromatic carbocycles. The first-order chi connectivity index (χ1) is 28.6. The summed E-state index contributed by atoms with van der Waals surface area (Å²) in [5.74, 6) is 1.01. The van der Waals surface area contributed by atoms with Crippen LogP contribution >= 0.6 is 0 Å². The average molecular weight is 791 g/mol. The molecule has 0 bridgehead atoms. The molecule has 11 heteroatoms. The standard InChI is InChI=1S/C48H55BN6O4/c1-47(2)48(3,4)59-49(58-47)37-16-18-38(19-17-37)53-26-24-39(25-27-53)54-28-30-55(31-29-54)40-20-21-41-43(32-40)52(5)51-45(41)42-22-23-44(56-33-35-12-8-6-9-13-35)50-46(42)57-34-36-14-10-7-11-15-36/h6-23,32,39H,24-31,33-34H2,1-5H3. The second-order valence-electron chi connectivity index (χ2n) is 17.1. The number of piperazine rings is 1. The van der Waals surface area contributed by atoms with E-state index in [2.05, 4.69) is 97.0 Å². The SMILES string of the molecule is Cn1nc(-c2ccc(OCc3ccccc3)nc2OCc2ccccc2)c2ccc(N3CCN(C4CCN(c5ccc(B6OC(C)(C)C(C)(C)O6)cc5)CC4)CC3)cc21. The van der Waals surface area contributed by atoms with Gasteiger partial charge in [0.15, 0.2) is 0 Å². The maximum absolute atomic E-state index is 6.40. The number of aromatic nitrogens is 3. The van der Waals surface area contributed by atoms with Gasteiger partial charge in [-0.1, -0.05) is 72.8 Å². The van der Waals surface area contributed by atoms with Crippen LogP contribution in [0.1, 0.15) is 51.7 Å². The van der Waals surface area contributed by atoms with Gasteiger partial charge < -0.3 is 28.6 Å². The van der Waals surface area contributed by atoms with Gasteiger partial charge in [0.25, 0.3) is 0 Å². The maximum Gasteiger partial charge on any atom is 0.494 e. The Morgan fingerprint density at radius 1 is 0.661 bits per heavy atom. The summed E-state index contributed by atoms with van der Waals surface area (Å²) >= 11 is 0. The molecule has 3 fully saturated rings. The monoisotopic (exact) mass is 790 g/mol. The zero-order valence-electron chi connectivity index (χ0n) is 35.0. The molecule has 59 heavy (non-hydrogen) atoms. The fraction of sp³-hybridized carbons (Fsp3) is 0.375. The molecule has 0 radical (unpaired) electrons. The van der Waals surface area contributed by atoms with Gasteiger partial charge >= 0.3 is 7.12 Å². The molecule has 0 spiro atoms. The Balaban J connectivity index is 0.834. The van der Waals surface area contributed by atoms with E-state index in [4.69, 9.17) is 28.9 Å². The first-order valence-corrected chi connectivity index (χ1v) is 21.1. The Morgan fingerprint density at radius 3 is 1.90 bits per heavy atom. The molecule has 304 valence electrons. The van der Waals surface area contributed by atoms with E-state index in [0.717, 1.165) is 78.0 Å². The summed E-state index contributed by atoms with van der Waals surface area (Å²) in [4.78, 5) is 12.6. The van der Waals surface area contributed by atoms with Crippen LogP contribution in [0.5, 0.6) is 11.8 Å². The average Bonchev–Trinajstić information content (AvgIpc) is 3.71. The van der Waals surface area contributed by atoms with Crippen LogP contribution < -0.4 is 24.7 Å². The largest absolute Gasteiger partial charge is 0.494 e. The van der Waals surface area contributed by atoms with E-state index in [1.165, 1.54) is 24.2 Å². The molecule has 0 N–H and O–H groups in total. The first kappa shape index (κ1) is 39.1. The summed E-state index contributed by atoms with van der Waals surface area (Å²) in [6.07, 6.45) is 2.35. The third-order valence-electron chi connectivity index (χ3n) is 12.8. The highest BCUT2D eigenvalue weighted by Gasteiger charge is 2.51. The number of aryl methyl sites for hydroxylation is 1. The lowest BCUT2D eigenvalue weighted by molar-refractivity contribution is 0.00578. The van der Waals surface area contributed by atoms with Gasteiger partial charge in [-0.2, -0.15) is 10.1 Å². The smallest absolute Gasteiger partial charge is 0.473 e. The molecule has 0 amide bonds. The molecule has 3 saturated heterocycles. The summed E-state index contributed by atoms with van der Waals surface area (Å²) < 4.78 is 27.1. The summed E-state index contributed by atoms with van der Waals surface area (Å²) in [5.41, 5.74) is 7.82. The van der Waals surface area contributed by atoms with Gasteiger partial charge in [-0.05, 0) is 93.5 Å². The highest BCUT2D eigenvalue weighted by molar-refractivity contribution is 6.62. The highest BCUT2D eigenvalue weighted by Crippen LogP contribution is 2.38. The predicted molar refractivity (Wildman–Crippen MR) is 237 cm³/mol. The molecule has 0 saturated carbocycles. The van der Waals surface area contributed by atoms with Crippen molar-refractivity contribution in [2.45, 2.75) is 71.0 Å². The maximum atomic E-state index is 6.40. The van der Waals surface area contributed by atoms with E-state index in [-0.39, 0.29) is 18.3 Å². The number of pyridine rings is 1. The van der Waals surface area contributed by atoms with Crippen LogP contribution in [-0.4, -0.2) is 83.3 Å². The number of rotatable bonds is 11. The van der Waals surface area contributed by atoms with Gasteiger partial charge in [0.05, 0.1) is 22.3 Å². The van der Waals surface area contributed by atoms with Gasteiger partial charge in [0, 0.05) is 75.2 Å². The van der Waals surface area contributed by atoms with Crippen LogP contribution in [0.4, 0.5) is 11.4 Å². The van der Waals surface area contributed by atoms with Crippen molar-refractivity contribution in [2.24, 2.45) is 7.05 Å². The number of ether oxygens (including phenoxy) is 2. The quantitative estimate of drug-likeness (QED) is 0.122. The van der Waals surface area contributed by atoms with E-state index in [1.54, 1.807) is 0 Å². The molecular weight excluding hydrogens is 735 g/mol. The Labute approximate surface area is 348 Å². The molecular formula is C48H55BN6O4. The van der Waals surface area contributed by atoms with E-state index in [1.807, 2.05) is 72.4 Å². The first-order valence-electron chi connectivity index (χ1n) is 21.1. The minimum Gasteiger partial charge on any atom is -0.473 e. The molecule has 0 atom stereocenters. The van der Waals surface area contributed by atoms with E-state index < -0.39 is 0 Å². The van der Waals surface area contributed by atoms with Crippen LogP contribution in [-0.2, 0) is 29.6 Å². The molecule has 2 aromatic heterocycles. The minimum atomic E-state index is -0.337. The lowest BCUT2D eigenvalue weighted by atomic mass is 9.79. The molecule has 9 rings (SSSR count). The van der Waals surface area contributed by atoms with Gasteiger partial charge in [-0.25, -0.2) is 0 Å². The molecule has 0 unspecified atom stereocenters. The van der Waals surface area contributed by atoms with Crippen molar-refractivity contribution in [3.8, 4) is 23.0 Å². The second kappa shape index (κ2) is 16.4. The fourth-order valence-electron chi connectivity index (χ4n) is 8.55. The Kier molecular flexibility index (Phi) is 10.8. The van der Waals surface area contributed by atoms with Crippen LogP contribution in [0.15, 0.2) is 115 Å². The topological polar surface area (TPSA) is 77.4 Å². The number of anilines is 2. The number of nitrogens with zero attached hydrogens (tertiary/aromatic N) is 6. The highest BCUT2D eigenvalue weighted by atomic mass is 16.7. The molecule has 10 nitrogen and oxygen atoms in total. The van der Waals surface area contributed by atoms with E-state index >= 15 is 0 Å². The van der Waals surface area contributed by atoms with Crippen molar-refractivity contribution in [1.29, 1.82) is 0 Å². The van der Waals surface area contributed by atoms with Crippen molar-refractivity contribution < 1.29 is 18.8 Å². The van der Waals surface area contributed by atoms with Crippen LogP contribution in [0, 0.1) is 0 Å². The summed E-state index contributed by atoms with van der Waals surface area (Å²) in [6.45, 7) is 15.5. The zero-order chi connectivity index (χ0) is 40.6. The van der Waals surface area contributed by atoms with Crippen molar-refractivity contribution in [2.75, 3.05) is 49.1 Å². The van der Waals surface area contributed by atoms with Crippen molar-refractivity contribution >= 4 is 34.9 Å². The van der Waals surface area contributed by atoms with Crippen LogP contribution in [0.2, 0.25) is 0 Å². The fourth-order valence-corrected chi connectivity index (χ4v) is 8.55. The molecule has 3 aliphatic heterocycles. The predicted octanol–water partition coefficient (Wildman–Crippen LogP) is 7.88. The number of hydrogen-bond acceptors (Lipinski definition) is 9. The van der Waals surface area contributed by atoms with Gasteiger partial charge in [0.1, 0.15) is 18.9 Å². The second-order valence-corrected chi connectivity index (χ2v) is 17.1. The number of hydrogen-bond donors (Lipinski definition) is 0. The third-order valence-corrected chi connectivity index (χ3v) is 12.8. The van der Waals surface area contributed by atoms with Crippen LogP contribution in [0.25, 0.3) is 22.2 Å². The third kappa shape index (κ3) is 8.29. The van der Waals surface area contributed by atoms with E-state index in [9.17, 15) is 0 Å². The Hall–Kier alpha value is -5.36. The van der Waals surface area contributed by atoms with Crippen molar-refractivity contribution in [3.63, 3.8) is 0 Å². The molecule has 6 aromatic rings. The van der Waals surface area contributed by atoms with Gasteiger partial charge in [-0.15, -0.1) is 0 Å².